The molecule has 24 heavy (non-hydrogen) atoms. The maximum Gasteiger partial charge on any atom is 0.226 e. The van der Waals surface area contributed by atoms with Crippen LogP contribution in [0.1, 0.15) is 50.8 Å². The van der Waals surface area contributed by atoms with Gasteiger partial charge in [0.2, 0.25) is 17.6 Å². The number of carbonyl (C=O) groups excluding carboxylic acids is 1. The second-order valence-electron chi connectivity index (χ2n) is 6.05. The summed E-state index contributed by atoms with van der Waals surface area (Å²) >= 11 is 1.59. The predicted octanol–water partition coefficient (Wildman–Crippen LogP) is 4.13. The van der Waals surface area contributed by atoms with Crippen LogP contribution in [0.2, 0.25) is 0 Å². The lowest BCUT2D eigenvalue weighted by molar-refractivity contribution is -0.121. The van der Waals surface area contributed by atoms with Crippen molar-refractivity contribution in [3.63, 3.8) is 0 Å². The van der Waals surface area contributed by atoms with Gasteiger partial charge in [-0.3, -0.25) is 4.79 Å². The molecule has 0 bridgehead atoms. The largest absolute Gasteiger partial charge is 0.356 e. The molecule has 0 fully saturated rings. The van der Waals surface area contributed by atoms with E-state index >= 15 is 0 Å². The van der Waals surface area contributed by atoms with E-state index in [2.05, 4.69) is 21.5 Å². The zero-order valence-electron chi connectivity index (χ0n) is 13.8. The van der Waals surface area contributed by atoms with Crippen molar-refractivity contribution in [1.82, 2.24) is 15.5 Å². The zero-order chi connectivity index (χ0) is 16.6. The van der Waals surface area contributed by atoms with E-state index in [1.807, 2.05) is 17.5 Å². The van der Waals surface area contributed by atoms with E-state index in [0.717, 1.165) is 24.3 Å². The molecule has 2 heterocycles. The van der Waals surface area contributed by atoms with Gasteiger partial charge in [-0.05, 0) is 50.0 Å². The molecule has 0 atom stereocenters. The van der Waals surface area contributed by atoms with Crippen LogP contribution in [-0.2, 0) is 11.2 Å². The quantitative estimate of drug-likeness (QED) is 0.731. The fraction of sp³-hybridized carbons (Fsp3) is 0.500. The first-order chi connectivity index (χ1) is 11.8. The first kappa shape index (κ1) is 16.9. The highest BCUT2D eigenvalue weighted by Gasteiger charge is 2.10. The van der Waals surface area contributed by atoms with E-state index in [-0.39, 0.29) is 5.91 Å². The van der Waals surface area contributed by atoms with Gasteiger partial charge < -0.3 is 9.84 Å². The topological polar surface area (TPSA) is 68.0 Å². The highest BCUT2D eigenvalue weighted by atomic mass is 32.1. The molecule has 1 N–H and O–H groups in total. The summed E-state index contributed by atoms with van der Waals surface area (Å²) in [7, 11) is 0. The predicted molar refractivity (Wildman–Crippen MR) is 94.7 cm³/mol. The van der Waals surface area contributed by atoms with Gasteiger partial charge in [-0.25, -0.2) is 0 Å². The molecule has 5 nitrogen and oxygen atoms in total. The lowest BCUT2D eigenvalue weighted by atomic mass is 9.97. The summed E-state index contributed by atoms with van der Waals surface area (Å²) in [6, 6.07) is 3.93. The minimum atomic E-state index is 0.101. The van der Waals surface area contributed by atoms with Gasteiger partial charge in [-0.1, -0.05) is 22.9 Å². The molecule has 1 amide bonds. The van der Waals surface area contributed by atoms with Crippen molar-refractivity contribution >= 4 is 17.2 Å². The van der Waals surface area contributed by atoms with Crippen molar-refractivity contribution in [2.24, 2.45) is 0 Å². The van der Waals surface area contributed by atoms with E-state index in [1.165, 1.54) is 31.3 Å². The van der Waals surface area contributed by atoms with E-state index in [1.54, 1.807) is 11.3 Å². The second-order valence-corrected chi connectivity index (χ2v) is 7.00. The van der Waals surface area contributed by atoms with E-state index in [0.29, 0.717) is 24.6 Å². The van der Waals surface area contributed by atoms with E-state index in [9.17, 15) is 4.79 Å². The average molecular weight is 345 g/mol. The van der Waals surface area contributed by atoms with Crippen LogP contribution in [0.25, 0.3) is 10.7 Å². The molecule has 1 aliphatic rings. The van der Waals surface area contributed by atoms with Crippen LogP contribution in [0.4, 0.5) is 0 Å². The minimum Gasteiger partial charge on any atom is -0.356 e. The molecule has 2 aromatic rings. The molecule has 0 spiro atoms. The molecule has 0 aromatic carbocycles. The van der Waals surface area contributed by atoms with E-state index < -0.39 is 0 Å². The average Bonchev–Trinajstić information content (AvgIpc) is 3.27. The van der Waals surface area contributed by atoms with Crippen molar-refractivity contribution in [1.29, 1.82) is 0 Å². The van der Waals surface area contributed by atoms with Crippen molar-refractivity contribution in [3.05, 3.63) is 35.1 Å². The van der Waals surface area contributed by atoms with Crippen LogP contribution in [0.3, 0.4) is 0 Å². The SMILES string of the molecule is O=C(CCCc1nc(-c2cccs2)no1)NCCC1=CCCCC1. The number of hydrogen-bond acceptors (Lipinski definition) is 5. The Bertz CT molecular complexity index is 676. The van der Waals surface area contributed by atoms with Crippen LogP contribution in [0.15, 0.2) is 33.7 Å². The Morgan fingerprint density at radius 3 is 3.08 bits per heavy atom. The van der Waals surface area contributed by atoms with E-state index in [4.69, 9.17) is 4.52 Å². The van der Waals surface area contributed by atoms with Crippen molar-refractivity contribution in [2.45, 2.75) is 51.4 Å². The van der Waals surface area contributed by atoms with Crippen molar-refractivity contribution in [3.8, 4) is 10.7 Å². The lowest BCUT2D eigenvalue weighted by Crippen LogP contribution is -2.24. The molecule has 0 radical (unpaired) electrons. The van der Waals surface area contributed by atoms with Gasteiger partial charge >= 0.3 is 0 Å². The summed E-state index contributed by atoms with van der Waals surface area (Å²) in [6.07, 6.45) is 10.2. The third-order valence-corrected chi connectivity index (χ3v) is 5.02. The number of thiophene rings is 1. The first-order valence-corrected chi connectivity index (χ1v) is 9.50. The number of nitrogens with one attached hydrogen (secondary N) is 1. The fourth-order valence-electron chi connectivity index (χ4n) is 2.85. The summed E-state index contributed by atoms with van der Waals surface area (Å²) in [6.45, 7) is 0.744. The highest BCUT2D eigenvalue weighted by molar-refractivity contribution is 7.13. The smallest absolute Gasteiger partial charge is 0.226 e. The zero-order valence-corrected chi connectivity index (χ0v) is 14.6. The molecular formula is C18H23N3O2S. The second kappa shape index (κ2) is 8.78. The number of nitrogens with zero attached hydrogens (tertiary/aromatic N) is 2. The molecule has 0 saturated carbocycles. The summed E-state index contributed by atoms with van der Waals surface area (Å²) in [4.78, 5) is 17.2. The van der Waals surface area contributed by atoms with Gasteiger partial charge in [-0.2, -0.15) is 4.98 Å². The lowest BCUT2D eigenvalue weighted by Gasteiger charge is -2.12. The Morgan fingerprint density at radius 1 is 1.33 bits per heavy atom. The molecule has 2 aromatic heterocycles. The summed E-state index contributed by atoms with van der Waals surface area (Å²) in [5.74, 6) is 1.33. The maximum absolute atomic E-state index is 11.9. The molecule has 1 aliphatic carbocycles. The van der Waals surface area contributed by atoms with Gasteiger partial charge in [0.1, 0.15) is 0 Å². The molecular weight excluding hydrogens is 322 g/mol. The van der Waals surface area contributed by atoms with Crippen molar-refractivity contribution in [2.75, 3.05) is 6.54 Å². The molecule has 6 heteroatoms. The van der Waals surface area contributed by atoms with Crippen LogP contribution in [0.5, 0.6) is 0 Å². The third-order valence-electron chi connectivity index (χ3n) is 4.16. The van der Waals surface area contributed by atoms with Gasteiger partial charge in [-0.15, -0.1) is 11.3 Å². The number of aromatic nitrogens is 2. The summed E-state index contributed by atoms with van der Waals surface area (Å²) in [5, 5.41) is 8.96. The number of rotatable bonds is 8. The van der Waals surface area contributed by atoms with Gasteiger partial charge in [0.05, 0.1) is 4.88 Å². The number of carbonyl (C=O) groups is 1. The summed E-state index contributed by atoms with van der Waals surface area (Å²) < 4.78 is 5.24. The molecule has 0 aliphatic heterocycles. The fourth-order valence-corrected chi connectivity index (χ4v) is 3.49. The Labute approximate surface area is 146 Å². The number of hydrogen-bond donors (Lipinski definition) is 1. The number of amides is 1. The van der Waals surface area contributed by atoms with Crippen LogP contribution < -0.4 is 5.32 Å². The van der Waals surface area contributed by atoms with Gasteiger partial charge in [0.15, 0.2) is 0 Å². The standard InChI is InChI=1S/C18H23N3O2S/c22-16(19-12-11-14-6-2-1-3-7-14)9-4-10-17-20-18(21-23-17)15-8-5-13-24-15/h5-6,8,13H,1-4,7,9-12H2,(H,19,22). The highest BCUT2D eigenvalue weighted by Crippen LogP contribution is 2.21. The number of allylic oxidation sites excluding steroid dienone is 1. The molecule has 0 saturated heterocycles. The Kier molecular flexibility index (Phi) is 6.18. The van der Waals surface area contributed by atoms with Gasteiger partial charge in [0, 0.05) is 19.4 Å². The first-order valence-electron chi connectivity index (χ1n) is 8.62. The summed E-state index contributed by atoms with van der Waals surface area (Å²) in [5.41, 5.74) is 1.49. The minimum absolute atomic E-state index is 0.101. The normalized spacial score (nSPS) is 14.4. The van der Waals surface area contributed by atoms with Crippen molar-refractivity contribution < 1.29 is 9.32 Å². The number of aryl methyl sites for hydroxylation is 1. The molecule has 3 rings (SSSR count). The monoisotopic (exact) mass is 345 g/mol. The third kappa shape index (κ3) is 5.03. The van der Waals surface area contributed by atoms with Gasteiger partial charge in [0.25, 0.3) is 0 Å². The maximum atomic E-state index is 11.9. The van der Waals surface area contributed by atoms with Crippen LogP contribution >= 0.6 is 11.3 Å². The molecule has 128 valence electrons. The Morgan fingerprint density at radius 2 is 2.29 bits per heavy atom. The van der Waals surface area contributed by atoms with Crippen LogP contribution in [-0.4, -0.2) is 22.6 Å². The Hall–Kier alpha value is -1.95. The Balaban J connectivity index is 1.32. The van der Waals surface area contributed by atoms with Crippen LogP contribution in [0, 0.1) is 0 Å². The molecule has 0 unspecified atom stereocenters.